The molecule has 56 valence electrons. The highest BCUT2D eigenvalue weighted by molar-refractivity contribution is 9.10. The Morgan fingerprint density at radius 2 is 2.40 bits per heavy atom. The van der Waals surface area contributed by atoms with Crippen molar-refractivity contribution < 1.29 is 4.42 Å². The number of rotatable bonds is 2. The summed E-state index contributed by atoms with van der Waals surface area (Å²) >= 11 is 3.19. The van der Waals surface area contributed by atoms with Gasteiger partial charge < -0.3 is 4.42 Å². The zero-order valence-electron chi connectivity index (χ0n) is 6.10. The first-order valence-corrected chi connectivity index (χ1v) is 4.08. The molecule has 0 fully saturated rings. The van der Waals surface area contributed by atoms with E-state index in [4.69, 9.17) is 4.42 Å². The van der Waals surface area contributed by atoms with Gasteiger partial charge in [0.1, 0.15) is 0 Å². The van der Waals surface area contributed by atoms with E-state index in [-0.39, 0.29) is 0 Å². The smallest absolute Gasteiger partial charge is 0.195 e. The van der Waals surface area contributed by atoms with E-state index < -0.39 is 0 Å². The second-order valence-electron chi connectivity index (χ2n) is 2.66. The second-order valence-corrected chi connectivity index (χ2v) is 3.44. The van der Waals surface area contributed by atoms with Crippen LogP contribution in [0.4, 0.5) is 0 Å². The van der Waals surface area contributed by atoms with Gasteiger partial charge in [0.05, 0.1) is 6.20 Å². The summed E-state index contributed by atoms with van der Waals surface area (Å²) in [5, 5.41) is 0. The highest BCUT2D eigenvalue weighted by atomic mass is 79.9. The van der Waals surface area contributed by atoms with Crippen LogP contribution in [0, 0.1) is 5.92 Å². The zero-order chi connectivity index (χ0) is 7.56. The van der Waals surface area contributed by atoms with E-state index in [9.17, 15) is 0 Å². The second kappa shape index (κ2) is 3.19. The highest BCUT2D eigenvalue weighted by Gasteiger charge is 2.02. The Kier molecular flexibility index (Phi) is 2.49. The lowest BCUT2D eigenvalue weighted by Gasteiger charge is -1.96. The summed E-state index contributed by atoms with van der Waals surface area (Å²) in [6.45, 7) is 4.27. The van der Waals surface area contributed by atoms with Gasteiger partial charge in [0.15, 0.2) is 10.6 Å². The fourth-order valence-corrected chi connectivity index (χ4v) is 1.02. The molecule has 0 bridgehead atoms. The summed E-state index contributed by atoms with van der Waals surface area (Å²) in [7, 11) is 0. The van der Waals surface area contributed by atoms with E-state index >= 15 is 0 Å². The normalized spacial score (nSPS) is 10.8. The largest absolute Gasteiger partial charge is 0.434 e. The quantitative estimate of drug-likeness (QED) is 0.739. The zero-order valence-corrected chi connectivity index (χ0v) is 7.68. The lowest BCUT2D eigenvalue weighted by molar-refractivity contribution is 0.443. The maximum atomic E-state index is 5.20. The van der Waals surface area contributed by atoms with E-state index in [2.05, 4.69) is 34.8 Å². The Labute approximate surface area is 68.8 Å². The molecule has 0 radical (unpaired) electrons. The third-order valence-electron chi connectivity index (χ3n) is 1.11. The maximum Gasteiger partial charge on any atom is 0.195 e. The Hall–Kier alpha value is -0.310. The third kappa shape index (κ3) is 2.14. The highest BCUT2D eigenvalue weighted by Crippen LogP contribution is 2.13. The third-order valence-corrected chi connectivity index (χ3v) is 1.47. The standard InChI is InChI=1S/C7H10BrNO/c1-5(2)3-7-9-4-6(8)10-7/h4-5H,3H2,1-2H3. The van der Waals surface area contributed by atoms with Gasteiger partial charge in [-0.1, -0.05) is 13.8 Å². The molecule has 0 aliphatic heterocycles. The van der Waals surface area contributed by atoms with E-state index in [1.54, 1.807) is 6.20 Å². The predicted octanol–water partition coefficient (Wildman–Crippen LogP) is 2.64. The molecule has 1 rings (SSSR count). The van der Waals surface area contributed by atoms with E-state index in [0.29, 0.717) is 10.6 Å². The molecule has 0 N–H and O–H groups in total. The van der Waals surface area contributed by atoms with Gasteiger partial charge in [-0.05, 0) is 21.8 Å². The number of halogens is 1. The van der Waals surface area contributed by atoms with Crippen molar-refractivity contribution in [1.29, 1.82) is 0 Å². The number of aromatic nitrogens is 1. The molecule has 2 nitrogen and oxygen atoms in total. The summed E-state index contributed by atoms with van der Waals surface area (Å²) in [5.41, 5.74) is 0. The Morgan fingerprint density at radius 1 is 1.70 bits per heavy atom. The lowest BCUT2D eigenvalue weighted by atomic mass is 10.1. The average Bonchev–Trinajstić information content (AvgIpc) is 2.13. The molecule has 0 saturated heterocycles. The van der Waals surface area contributed by atoms with Gasteiger partial charge in [0, 0.05) is 6.42 Å². The fourth-order valence-electron chi connectivity index (χ4n) is 0.732. The molecule has 0 atom stereocenters. The van der Waals surface area contributed by atoms with Crippen LogP contribution in [0.25, 0.3) is 0 Å². The van der Waals surface area contributed by atoms with Crippen molar-refractivity contribution in [1.82, 2.24) is 4.98 Å². The van der Waals surface area contributed by atoms with Crippen molar-refractivity contribution in [3.8, 4) is 0 Å². The van der Waals surface area contributed by atoms with Crippen LogP contribution in [-0.4, -0.2) is 4.98 Å². The van der Waals surface area contributed by atoms with Gasteiger partial charge >= 0.3 is 0 Å². The van der Waals surface area contributed by atoms with Crippen LogP contribution >= 0.6 is 15.9 Å². The Balaban J connectivity index is 2.58. The molecule has 0 aliphatic rings. The molecule has 10 heavy (non-hydrogen) atoms. The molecule has 1 aromatic rings. The monoisotopic (exact) mass is 203 g/mol. The van der Waals surface area contributed by atoms with Gasteiger partial charge in [0.2, 0.25) is 0 Å². The van der Waals surface area contributed by atoms with Crippen molar-refractivity contribution in [3.63, 3.8) is 0 Å². The van der Waals surface area contributed by atoms with Crippen LogP contribution in [0.1, 0.15) is 19.7 Å². The molecular formula is C7H10BrNO. The minimum Gasteiger partial charge on any atom is -0.434 e. The summed E-state index contributed by atoms with van der Waals surface area (Å²) in [6.07, 6.45) is 2.59. The van der Waals surface area contributed by atoms with Gasteiger partial charge in [-0.3, -0.25) is 0 Å². The van der Waals surface area contributed by atoms with E-state index in [1.807, 2.05) is 0 Å². The fraction of sp³-hybridized carbons (Fsp3) is 0.571. The molecule has 0 aromatic carbocycles. The minimum atomic E-state index is 0.602. The van der Waals surface area contributed by atoms with Crippen molar-refractivity contribution in [2.75, 3.05) is 0 Å². The topological polar surface area (TPSA) is 26.0 Å². The molecule has 0 aliphatic carbocycles. The van der Waals surface area contributed by atoms with Crippen LogP contribution in [0.2, 0.25) is 0 Å². The molecule has 0 spiro atoms. The molecule has 0 saturated carbocycles. The van der Waals surface area contributed by atoms with Gasteiger partial charge in [0.25, 0.3) is 0 Å². The molecule has 3 heteroatoms. The number of hydrogen-bond donors (Lipinski definition) is 0. The average molecular weight is 204 g/mol. The summed E-state index contributed by atoms with van der Waals surface area (Å²) in [5.74, 6) is 1.41. The van der Waals surface area contributed by atoms with Crippen LogP contribution in [0.15, 0.2) is 15.3 Å². The molecule has 1 aromatic heterocycles. The van der Waals surface area contributed by atoms with E-state index in [1.165, 1.54) is 0 Å². The first-order valence-electron chi connectivity index (χ1n) is 3.28. The summed E-state index contributed by atoms with van der Waals surface area (Å²) in [6, 6.07) is 0. The van der Waals surface area contributed by atoms with Crippen molar-refractivity contribution in [3.05, 3.63) is 16.8 Å². The number of nitrogens with zero attached hydrogens (tertiary/aromatic N) is 1. The molecule has 1 heterocycles. The minimum absolute atomic E-state index is 0.602. The van der Waals surface area contributed by atoms with Gasteiger partial charge in [-0.2, -0.15) is 0 Å². The summed E-state index contributed by atoms with van der Waals surface area (Å²) < 4.78 is 5.91. The lowest BCUT2D eigenvalue weighted by Crippen LogP contribution is -1.92. The SMILES string of the molecule is CC(C)Cc1ncc(Br)o1. The van der Waals surface area contributed by atoms with E-state index in [0.717, 1.165) is 12.3 Å². The van der Waals surface area contributed by atoms with Crippen LogP contribution in [0.3, 0.4) is 0 Å². The van der Waals surface area contributed by atoms with Crippen molar-refractivity contribution in [2.24, 2.45) is 5.92 Å². The number of hydrogen-bond acceptors (Lipinski definition) is 2. The first-order chi connectivity index (χ1) is 4.68. The van der Waals surface area contributed by atoms with Gasteiger partial charge in [-0.25, -0.2) is 4.98 Å². The first kappa shape index (κ1) is 7.79. The maximum absolute atomic E-state index is 5.20. The van der Waals surface area contributed by atoms with Gasteiger partial charge in [-0.15, -0.1) is 0 Å². The van der Waals surface area contributed by atoms with Crippen LogP contribution < -0.4 is 0 Å². The molecule has 0 unspecified atom stereocenters. The van der Waals surface area contributed by atoms with Crippen LogP contribution in [-0.2, 0) is 6.42 Å². The number of oxazole rings is 1. The van der Waals surface area contributed by atoms with Crippen molar-refractivity contribution >= 4 is 15.9 Å². The molecule has 0 amide bonds. The molecular weight excluding hydrogens is 194 g/mol. The predicted molar refractivity (Wildman–Crippen MR) is 42.7 cm³/mol. The van der Waals surface area contributed by atoms with Crippen LogP contribution in [0.5, 0.6) is 0 Å². The Bertz CT molecular complexity index is 207. The van der Waals surface area contributed by atoms with Crippen molar-refractivity contribution in [2.45, 2.75) is 20.3 Å². The Morgan fingerprint density at radius 3 is 2.80 bits per heavy atom. The summed E-state index contributed by atoms with van der Waals surface area (Å²) in [4.78, 5) is 4.04.